The lowest BCUT2D eigenvalue weighted by molar-refractivity contribution is -0.137. The highest BCUT2D eigenvalue weighted by molar-refractivity contribution is 7.98. The van der Waals surface area contributed by atoms with Gasteiger partial charge in [0.2, 0.25) is 0 Å². The van der Waals surface area contributed by atoms with Crippen LogP contribution in [0.4, 0.5) is 24.7 Å². The number of thioether (sulfide) groups is 1. The Morgan fingerprint density at radius 2 is 2.03 bits per heavy atom. The summed E-state index contributed by atoms with van der Waals surface area (Å²) in [4.78, 5) is 27.8. The van der Waals surface area contributed by atoms with Crippen LogP contribution in [0.15, 0.2) is 53.9 Å². The number of hydrogen-bond donors (Lipinski definition) is 1. The maximum absolute atomic E-state index is 12.9. The quantitative estimate of drug-likeness (QED) is 0.473. The van der Waals surface area contributed by atoms with Gasteiger partial charge in [-0.05, 0) is 36.6 Å². The Morgan fingerprint density at radius 3 is 2.81 bits per heavy atom. The van der Waals surface area contributed by atoms with Crippen LogP contribution in [0.2, 0.25) is 0 Å². The summed E-state index contributed by atoms with van der Waals surface area (Å²) < 4.78 is 38.7. The van der Waals surface area contributed by atoms with E-state index in [9.17, 15) is 18.0 Å². The minimum absolute atomic E-state index is 0.0758. The fourth-order valence-corrected chi connectivity index (χ4v) is 3.66. The SMILES string of the molecule is CSc1ncc2c(n1)CCN(c1cc(C(=O)Nc3cccc(C(F)(F)F)c3)ccn1)C2. The summed E-state index contributed by atoms with van der Waals surface area (Å²) in [7, 11) is 0. The Morgan fingerprint density at radius 1 is 1.19 bits per heavy atom. The first-order valence-electron chi connectivity index (χ1n) is 9.42. The predicted octanol–water partition coefficient (Wildman–Crippen LogP) is 4.43. The molecule has 0 saturated heterocycles. The Balaban J connectivity index is 1.50. The Bertz CT molecular complexity index is 1120. The van der Waals surface area contributed by atoms with Crippen LogP contribution in [0.5, 0.6) is 0 Å². The molecule has 4 rings (SSSR count). The third-order valence-electron chi connectivity index (χ3n) is 4.87. The molecule has 1 aliphatic heterocycles. The van der Waals surface area contributed by atoms with Crippen molar-refractivity contribution < 1.29 is 18.0 Å². The Kier molecular flexibility index (Phi) is 5.81. The predicted molar refractivity (Wildman–Crippen MR) is 112 cm³/mol. The fourth-order valence-electron chi connectivity index (χ4n) is 3.30. The third kappa shape index (κ3) is 4.79. The standard InChI is InChI=1S/C21H18F3N5OS/c1-31-20-26-11-14-12-29(8-6-17(14)28-20)18-9-13(5-7-25-18)19(30)27-16-4-2-3-15(10-16)21(22,23)24/h2-5,7,9-11H,6,8,12H2,1H3,(H,27,30). The number of aromatic nitrogens is 3. The van der Waals surface area contributed by atoms with Crippen LogP contribution in [0.25, 0.3) is 0 Å². The molecule has 0 saturated carbocycles. The zero-order chi connectivity index (χ0) is 22.0. The van der Waals surface area contributed by atoms with Gasteiger partial charge in [-0.3, -0.25) is 4.79 Å². The monoisotopic (exact) mass is 445 g/mol. The largest absolute Gasteiger partial charge is 0.416 e. The van der Waals surface area contributed by atoms with Crippen molar-refractivity contribution >= 4 is 29.2 Å². The lowest BCUT2D eigenvalue weighted by Crippen LogP contribution is -2.32. The zero-order valence-electron chi connectivity index (χ0n) is 16.5. The second-order valence-corrected chi connectivity index (χ2v) is 7.71. The Hall–Kier alpha value is -3.14. The molecule has 10 heteroatoms. The van der Waals surface area contributed by atoms with Gasteiger partial charge in [0.15, 0.2) is 5.16 Å². The van der Waals surface area contributed by atoms with Gasteiger partial charge in [-0.1, -0.05) is 17.8 Å². The highest BCUT2D eigenvalue weighted by atomic mass is 32.2. The third-order valence-corrected chi connectivity index (χ3v) is 5.44. The van der Waals surface area contributed by atoms with E-state index in [2.05, 4.69) is 20.3 Å². The first-order chi connectivity index (χ1) is 14.8. The molecule has 0 aliphatic carbocycles. The summed E-state index contributed by atoms with van der Waals surface area (Å²) in [6.07, 6.45) is 1.50. The molecule has 3 aromatic rings. The normalized spacial score (nSPS) is 13.6. The number of amides is 1. The van der Waals surface area contributed by atoms with Crippen LogP contribution in [-0.4, -0.2) is 33.7 Å². The molecule has 1 aliphatic rings. The smallest absolute Gasteiger partial charge is 0.352 e. The average Bonchev–Trinajstić information content (AvgIpc) is 2.78. The molecule has 160 valence electrons. The number of pyridine rings is 1. The van der Waals surface area contributed by atoms with Crippen molar-refractivity contribution in [1.29, 1.82) is 0 Å². The van der Waals surface area contributed by atoms with Crippen molar-refractivity contribution in [3.63, 3.8) is 0 Å². The second kappa shape index (κ2) is 8.54. The summed E-state index contributed by atoms with van der Waals surface area (Å²) in [6, 6.07) is 7.69. The van der Waals surface area contributed by atoms with Gasteiger partial charge < -0.3 is 10.2 Å². The summed E-state index contributed by atoms with van der Waals surface area (Å²) in [6.45, 7) is 1.25. The van der Waals surface area contributed by atoms with Crippen molar-refractivity contribution in [2.75, 3.05) is 23.0 Å². The van der Waals surface area contributed by atoms with Gasteiger partial charge in [0.05, 0.1) is 11.3 Å². The van der Waals surface area contributed by atoms with E-state index in [0.717, 1.165) is 35.0 Å². The molecule has 6 nitrogen and oxygen atoms in total. The molecule has 3 heterocycles. The number of alkyl halides is 3. The van der Waals surface area contributed by atoms with Crippen LogP contribution in [0, 0.1) is 0 Å². The van der Waals surface area contributed by atoms with Crippen LogP contribution in [0.1, 0.15) is 27.2 Å². The molecule has 1 aromatic carbocycles. The number of nitrogens with zero attached hydrogens (tertiary/aromatic N) is 4. The maximum Gasteiger partial charge on any atom is 0.416 e. The van der Waals surface area contributed by atoms with Crippen LogP contribution >= 0.6 is 11.8 Å². The first-order valence-corrected chi connectivity index (χ1v) is 10.6. The number of fused-ring (bicyclic) bond motifs is 1. The van der Waals surface area contributed by atoms with E-state index in [-0.39, 0.29) is 5.69 Å². The number of carbonyl (C=O) groups excluding carboxylic acids is 1. The lowest BCUT2D eigenvalue weighted by Gasteiger charge is -2.29. The summed E-state index contributed by atoms with van der Waals surface area (Å²) in [5.41, 5.74) is 1.58. The van der Waals surface area contributed by atoms with Gasteiger partial charge in [-0.25, -0.2) is 15.0 Å². The van der Waals surface area contributed by atoms with Gasteiger partial charge in [-0.15, -0.1) is 0 Å². The fraction of sp³-hybridized carbons (Fsp3) is 0.238. The number of carbonyl (C=O) groups is 1. The van der Waals surface area contributed by atoms with E-state index < -0.39 is 17.6 Å². The van der Waals surface area contributed by atoms with Crippen molar-refractivity contribution in [2.45, 2.75) is 24.3 Å². The number of anilines is 2. The van der Waals surface area contributed by atoms with Crippen molar-refractivity contribution in [3.05, 3.63) is 71.2 Å². The molecule has 1 N–H and O–H groups in total. The number of halogens is 3. The number of rotatable bonds is 4. The van der Waals surface area contributed by atoms with Crippen molar-refractivity contribution in [1.82, 2.24) is 15.0 Å². The van der Waals surface area contributed by atoms with Gasteiger partial charge in [0.1, 0.15) is 5.82 Å². The number of nitrogens with one attached hydrogen (secondary N) is 1. The van der Waals surface area contributed by atoms with Crippen LogP contribution in [-0.2, 0) is 19.1 Å². The summed E-state index contributed by atoms with van der Waals surface area (Å²) in [5, 5.41) is 3.26. The van der Waals surface area contributed by atoms with E-state index in [1.54, 1.807) is 6.07 Å². The van der Waals surface area contributed by atoms with Crippen molar-refractivity contribution in [3.8, 4) is 0 Å². The van der Waals surface area contributed by atoms with Gasteiger partial charge in [0.25, 0.3) is 5.91 Å². The molecule has 0 bridgehead atoms. The minimum Gasteiger partial charge on any atom is -0.352 e. The molecule has 0 radical (unpaired) electrons. The van der Waals surface area contributed by atoms with Crippen molar-refractivity contribution in [2.24, 2.45) is 0 Å². The van der Waals surface area contributed by atoms with E-state index in [0.29, 0.717) is 24.5 Å². The van der Waals surface area contributed by atoms with Gasteiger partial charge in [-0.2, -0.15) is 13.2 Å². The molecule has 0 atom stereocenters. The lowest BCUT2D eigenvalue weighted by atomic mass is 10.1. The molecule has 0 spiro atoms. The minimum atomic E-state index is -4.48. The molecule has 31 heavy (non-hydrogen) atoms. The average molecular weight is 445 g/mol. The highest BCUT2D eigenvalue weighted by Crippen LogP contribution is 2.31. The van der Waals surface area contributed by atoms with Gasteiger partial charge >= 0.3 is 6.18 Å². The maximum atomic E-state index is 12.9. The first kappa shape index (κ1) is 21.1. The highest BCUT2D eigenvalue weighted by Gasteiger charge is 2.30. The summed E-state index contributed by atoms with van der Waals surface area (Å²) >= 11 is 1.49. The second-order valence-electron chi connectivity index (χ2n) is 6.94. The number of hydrogen-bond acceptors (Lipinski definition) is 6. The van der Waals surface area contributed by atoms with E-state index in [1.165, 1.54) is 36.2 Å². The van der Waals surface area contributed by atoms with Crippen LogP contribution in [0.3, 0.4) is 0 Å². The molecular weight excluding hydrogens is 427 g/mol. The molecule has 1 amide bonds. The topological polar surface area (TPSA) is 71.0 Å². The Labute approximate surface area is 180 Å². The van der Waals surface area contributed by atoms with Gasteiger partial charge in [0, 0.05) is 48.7 Å². The summed E-state index contributed by atoms with van der Waals surface area (Å²) in [5.74, 6) is 0.101. The zero-order valence-corrected chi connectivity index (χ0v) is 17.3. The van der Waals surface area contributed by atoms with Crippen LogP contribution < -0.4 is 10.2 Å². The molecule has 0 fully saturated rings. The number of benzene rings is 1. The molecule has 0 unspecified atom stereocenters. The van der Waals surface area contributed by atoms with E-state index in [4.69, 9.17) is 0 Å². The van der Waals surface area contributed by atoms with E-state index in [1.807, 2.05) is 17.4 Å². The molecular formula is C21H18F3N5OS. The molecule has 2 aromatic heterocycles. The van der Waals surface area contributed by atoms with E-state index >= 15 is 0 Å².